The first-order chi connectivity index (χ1) is 13.5. The Morgan fingerprint density at radius 3 is 2.54 bits per heavy atom. The van der Waals surface area contributed by atoms with Crippen molar-refractivity contribution in [3.8, 4) is 0 Å². The number of benzene rings is 1. The summed E-state index contributed by atoms with van der Waals surface area (Å²) in [6.07, 6.45) is 8.99. The van der Waals surface area contributed by atoms with Gasteiger partial charge in [0.05, 0.1) is 17.5 Å². The van der Waals surface area contributed by atoms with E-state index < -0.39 is 0 Å². The highest BCUT2D eigenvalue weighted by Gasteiger charge is 2.48. The third-order valence-corrected chi connectivity index (χ3v) is 6.62. The van der Waals surface area contributed by atoms with Crippen LogP contribution in [0.25, 0.3) is 0 Å². The first kappa shape index (κ1) is 18.9. The van der Waals surface area contributed by atoms with Crippen molar-refractivity contribution in [2.45, 2.75) is 57.9 Å². The lowest BCUT2D eigenvalue weighted by atomic mass is 9.82. The maximum absolute atomic E-state index is 13.0. The van der Waals surface area contributed by atoms with Gasteiger partial charge in [-0.2, -0.15) is 0 Å². The predicted molar refractivity (Wildman–Crippen MR) is 108 cm³/mol. The molecule has 0 radical (unpaired) electrons. The van der Waals surface area contributed by atoms with Crippen molar-refractivity contribution >= 4 is 23.4 Å². The van der Waals surface area contributed by atoms with Gasteiger partial charge in [-0.25, -0.2) is 0 Å². The summed E-state index contributed by atoms with van der Waals surface area (Å²) in [7, 11) is 1.86. The van der Waals surface area contributed by atoms with E-state index in [9.17, 15) is 14.4 Å². The van der Waals surface area contributed by atoms with Gasteiger partial charge in [0.2, 0.25) is 11.8 Å². The molecule has 1 saturated carbocycles. The molecule has 5 heteroatoms. The zero-order valence-corrected chi connectivity index (χ0v) is 16.7. The van der Waals surface area contributed by atoms with E-state index in [-0.39, 0.29) is 35.6 Å². The van der Waals surface area contributed by atoms with Crippen molar-refractivity contribution in [1.82, 2.24) is 4.90 Å². The molecule has 5 nitrogen and oxygen atoms in total. The molecule has 1 aromatic carbocycles. The second-order valence-electron chi connectivity index (χ2n) is 8.47. The largest absolute Gasteiger partial charge is 0.339 e. The van der Waals surface area contributed by atoms with Gasteiger partial charge in [0, 0.05) is 18.7 Å². The summed E-state index contributed by atoms with van der Waals surface area (Å²) in [6, 6.07) is 7.27. The number of fused-ring (bicyclic) bond motifs is 1. The van der Waals surface area contributed by atoms with Crippen molar-refractivity contribution in [2.75, 3.05) is 11.9 Å². The lowest BCUT2D eigenvalue weighted by molar-refractivity contribution is -0.122. The number of anilines is 1. The molecule has 0 bridgehead atoms. The van der Waals surface area contributed by atoms with Gasteiger partial charge in [-0.3, -0.25) is 19.3 Å². The van der Waals surface area contributed by atoms with E-state index >= 15 is 0 Å². The van der Waals surface area contributed by atoms with Gasteiger partial charge in [0.25, 0.3) is 5.91 Å². The number of nitrogens with zero attached hydrogens (tertiary/aromatic N) is 2. The molecule has 0 aromatic heterocycles. The zero-order valence-electron chi connectivity index (χ0n) is 16.7. The van der Waals surface area contributed by atoms with E-state index in [1.165, 1.54) is 16.9 Å². The Labute approximate surface area is 166 Å². The molecule has 3 amide bonds. The number of rotatable bonds is 3. The van der Waals surface area contributed by atoms with Crippen LogP contribution >= 0.6 is 0 Å². The van der Waals surface area contributed by atoms with E-state index in [0.29, 0.717) is 24.1 Å². The van der Waals surface area contributed by atoms with Gasteiger partial charge < -0.3 is 4.90 Å². The maximum Gasteiger partial charge on any atom is 0.253 e. The molecular formula is C23H28N2O3. The summed E-state index contributed by atoms with van der Waals surface area (Å²) in [5.41, 5.74) is 2.22. The Bertz CT molecular complexity index is 838. The summed E-state index contributed by atoms with van der Waals surface area (Å²) in [5, 5.41) is 0. The van der Waals surface area contributed by atoms with Crippen LogP contribution in [0.1, 0.15) is 62.2 Å². The van der Waals surface area contributed by atoms with E-state index in [2.05, 4.69) is 6.08 Å². The first-order valence-electron chi connectivity index (χ1n) is 10.4. The molecule has 1 aromatic rings. The third kappa shape index (κ3) is 3.27. The fourth-order valence-electron chi connectivity index (χ4n) is 4.91. The molecule has 148 valence electrons. The van der Waals surface area contributed by atoms with Crippen LogP contribution in [0.15, 0.2) is 35.9 Å². The summed E-state index contributed by atoms with van der Waals surface area (Å²) in [4.78, 5) is 42.0. The molecule has 2 aliphatic carbocycles. The summed E-state index contributed by atoms with van der Waals surface area (Å²) < 4.78 is 0. The molecule has 2 atom stereocenters. The van der Waals surface area contributed by atoms with Crippen molar-refractivity contribution in [3.05, 3.63) is 41.5 Å². The van der Waals surface area contributed by atoms with Crippen LogP contribution in [-0.2, 0) is 9.59 Å². The van der Waals surface area contributed by atoms with Crippen LogP contribution in [0.3, 0.4) is 0 Å². The highest BCUT2D eigenvalue weighted by molar-refractivity contribution is 6.22. The van der Waals surface area contributed by atoms with Crippen LogP contribution in [0.4, 0.5) is 5.69 Å². The van der Waals surface area contributed by atoms with Gasteiger partial charge in [-0.15, -0.1) is 0 Å². The number of amides is 3. The fraction of sp³-hybridized carbons (Fsp3) is 0.522. The smallest absolute Gasteiger partial charge is 0.253 e. The molecule has 0 spiro atoms. The quantitative estimate of drug-likeness (QED) is 0.590. The van der Waals surface area contributed by atoms with Crippen molar-refractivity contribution in [2.24, 2.45) is 11.8 Å². The SMILES string of the molecule is CC1=CC[C@@H]2C(=O)N(c3cccc(C(=O)N(C)C4CCCCC4)c3)C(=O)[C@H]2C1. The zero-order chi connectivity index (χ0) is 19.8. The van der Waals surface area contributed by atoms with E-state index in [4.69, 9.17) is 0 Å². The third-order valence-electron chi connectivity index (χ3n) is 6.62. The minimum atomic E-state index is -0.263. The Morgan fingerprint density at radius 1 is 1.07 bits per heavy atom. The van der Waals surface area contributed by atoms with Crippen molar-refractivity contribution < 1.29 is 14.4 Å². The van der Waals surface area contributed by atoms with Crippen molar-refractivity contribution in [1.29, 1.82) is 0 Å². The Morgan fingerprint density at radius 2 is 1.79 bits per heavy atom. The van der Waals surface area contributed by atoms with E-state index in [1.807, 2.05) is 18.9 Å². The lowest BCUT2D eigenvalue weighted by Gasteiger charge is -2.31. The van der Waals surface area contributed by atoms with Gasteiger partial charge in [-0.05, 0) is 50.8 Å². The average molecular weight is 380 g/mol. The molecule has 1 heterocycles. The highest BCUT2D eigenvalue weighted by atomic mass is 16.2. The predicted octanol–water partition coefficient (Wildman–Crippen LogP) is 3.94. The lowest BCUT2D eigenvalue weighted by Crippen LogP contribution is -2.38. The summed E-state index contributed by atoms with van der Waals surface area (Å²) in [6.45, 7) is 2.01. The molecule has 1 saturated heterocycles. The molecule has 28 heavy (non-hydrogen) atoms. The van der Waals surface area contributed by atoms with Gasteiger partial charge in [0.1, 0.15) is 0 Å². The number of imide groups is 1. The second kappa shape index (κ2) is 7.53. The minimum absolute atomic E-state index is 0.0391. The van der Waals surface area contributed by atoms with E-state index in [0.717, 1.165) is 25.7 Å². The molecule has 2 fully saturated rings. The standard InChI is InChI=1S/C23H28N2O3/c1-15-11-12-19-20(13-15)23(28)25(22(19)27)18-10-6-7-16(14-18)21(26)24(2)17-8-4-3-5-9-17/h6-7,10-11,14,17,19-20H,3-5,8-9,12-13H2,1-2H3/t19-,20-/m0/s1. The molecule has 0 unspecified atom stereocenters. The van der Waals surface area contributed by atoms with E-state index in [1.54, 1.807) is 24.3 Å². The number of hydrogen-bond donors (Lipinski definition) is 0. The maximum atomic E-state index is 13.0. The minimum Gasteiger partial charge on any atom is -0.339 e. The molecule has 3 aliphatic rings. The number of carbonyl (C=O) groups excluding carboxylic acids is 3. The van der Waals surface area contributed by atoms with Crippen LogP contribution < -0.4 is 4.90 Å². The highest BCUT2D eigenvalue weighted by Crippen LogP contribution is 2.40. The molecule has 1 aliphatic heterocycles. The average Bonchev–Trinajstić information content (AvgIpc) is 2.97. The molecule has 4 rings (SSSR count). The number of hydrogen-bond acceptors (Lipinski definition) is 3. The molecular weight excluding hydrogens is 352 g/mol. The Kier molecular flexibility index (Phi) is 5.09. The first-order valence-corrected chi connectivity index (χ1v) is 10.4. The summed E-state index contributed by atoms with van der Waals surface area (Å²) >= 11 is 0. The monoisotopic (exact) mass is 380 g/mol. The van der Waals surface area contributed by atoms with Crippen LogP contribution in [0.2, 0.25) is 0 Å². The van der Waals surface area contributed by atoms with Crippen molar-refractivity contribution in [3.63, 3.8) is 0 Å². The van der Waals surface area contributed by atoms with Gasteiger partial charge in [0.15, 0.2) is 0 Å². The second-order valence-corrected chi connectivity index (χ2v) is 8.47. The number of carbonyl (C=O) groups is 3. The normalized spacial score (nSPS) is 25.5. The Balaban J connectivity index is 1.56. The van der Waals surface area contributed by atoms with Crippen LogP contribution in [0.5, 0.6) is 0 Å². The Hall–Kier alpha value is -2.43. The topological polar surface area (TPSA) is 57.7 Å². The van der Waals surface area contributed by atoms with Gasteiger partial charge >= 0.3 is 0 Å². The van der Waals surface area contributed by atoms with Gasteiger partial charge in [-0.1, -0.05) is 37.0 Å². The molecule has 0 N–H and O–H groups in total. The fourth-order valence-corrected chi connectivity index (χ4v) is 4.91. The summed E-state index contributed by atoms with van der Waals surface area (Å²) in [5.74, 6) is -0.832. The van der Waals surface area contributed by atoms with Crippen LogP contribution in [-0.4, -0.2) is 35.7 Å². The van der Waals surface area contributed by atoms with Crippen LogP contribution in [0, 0.1) is 11.8 Å². The number of allylic oxidation sites excluding steroid dienone is 2.